The molecule has 0 unspecified atom stereocenters. The number of hydrogen-bond acceptors (Lipinski definition) is 3. The zero-order valence-corrected chi connectivity index (χ0v) is 12.8. The normalized spacial score (nSPS) is 19.1. The summed E-state index contributed by atoms with van der Waals surface area (Å²) in [7, 11) is 0. The van der Waals surface area contributed by atoms with E-state index in [0.29, 0.717) is 24.8 Å². The second-order valence-electron chi connectivity index (χ2n) is 5.52. The second kappa shape index (κ2) is 6.53. The van der Waals surface area contributed by atoms with E-state index in [4.69, 9.17) is 5.73 Å². The van der Waals surface area contributed by atoms with Crippen LogP contribution in [0.5, 0.6) is 0 Å². The average Bonchev–Trinajstić information content (AvgIpc) is 2.96. The summed E-state index contributed by atoms with van der Waals surface area (Å²) in [6.07, 6.45) is 3.73. The molecule has 1 aliphatic rings. The lowest BCUT2D eigenvalue weighted by molar-refractivity contribution is -0.130. The summed E-state index contributed by atoms with van der Waals surface area (Å²) in [6.45, 7) is 6.78. The Balaban J connectivity index is 1.74. The van der Waals surface area contributed by atoms with Gasteiger partial charge in [-0.15, -0.1) is 11.3 Å². The van der Waals surface area contributed by atoms with Crippen LogP contribution >= 0.6 is 11.3 Å². The molecule has 1 aliphatic heterocycles. The molecule has 2 heterocycles. The van der Waals surface area contributed by atoms with Crippen LogP contribution in [0.3, 0.4) is 0 Å². The van der Waals surface area contributed by atoms with Crippen LogP contribution in [0.25, 0.3) is 0 Å². The van der Waals surface area contributed by atoms with Gasteiger partial charge in [0.25, 0.3) is 0 Å². The Morgan fingerprint density at radius 2 is 2.32 bits per heavy atom. The van der Waals surface area contributed by atoms with Gasteiger partial charge in [-0.05, 0) is 57.2 Å². The van der Waals surface area contributed by atoms with Crippen LogP contribution in [0.4, 0.5) is 0 Å². The van der Waals surface area contributed by atoms with Gasteiger partial charge < -0.3 is 10.6 Å². The fourth-order valence-electron chi connectivity index (χ4n) is 2.77. The molecular weight excluding hydrogens is 256 g/mol. The van der Waals surface area contributed by atoms with E-state index in [2.05, 4.69) is 19.9 Å². The average molecular weight is 280 g/mol. The van der Waals surface area contributed by atoms with Crippen LogP contribution in [0, 0.1) is 19.8 Å². The minimum absolute atomic E-state index is 0.306. The second-order valence-corrected chi connectivity index (χ2v) is 6.98. The fourth-order valence-corrected chi connectivity index (χ4v) is 3.75. The molecule has 0 spiro atoms. The first kappa shape index (κ1) is 14.5. The van der Waals surface area contributed by atoms with Gasteiger partial charge in [0.2, 0.25) is 5.91 Å². The smallest absolute Gasteiger partial charge is 0.222 e. The van der Waals surface area contributed by atoms with E-state index in [-0.39, 0.29) is 0 Å². The molecule has 0 saturated carbocycles. The van der Waals surface area contributed by atoms with E-state index in [9.17, 15) is 4.79 Å². The third-order valence-electron chi connectivity index (χ3n) is 3.95. The zero-order valence-electron chi connectivity index (χ0n) is 11.9. The van der Waals surface area contributed by atoms with Crippen molar-refractivity contribution in [2.75, 3.05) is 19.6 Å². The Labute approximate surface area is 119 Å². The van der Waals surface area contributed by atoms with E-state index < -0.39 is 0 Å². The molecule has 1 atom stereocenters. The molecule has 4 heteroatoms. The maximum absolute atomic E-state index is 12.1. The van der Waals surface area contributed by atoms with Gasteiger partial charge in [-0.25, -0.2) is 0 Å². The van der Waals surface area contributed by atoms with Crippen LogP contribution in [0.1, 0.15) is 34.6 Å². The van der Waals surface area contributed by atoms with Gasteiger partial charge in [-0.2, -0.15) is 0 Å². The highest BCUT2D eigenvalue weighted by atomic mass is 32.1. The van der Waals surface area contributed by atoms with E-state index in [1.165, 1.54) is 15.3 Å². The van der Waals surface area contributed by atoms with Crippen molar-refractivity contribution >= 4 is 17.2 Å². The number of aryl methyl sites for hydroxylation is 3. The van der Waals surface area contributed by atoms with Gasteiger partial charge in [0.1, 0.15) is 0 Å². The third kappa shape index (κ3) is 3.80. The molecule has 106 valence electrons. The molecular formula is C15H24N2OS. The molecule has 0 radical (unpaired) electrons. The van der Waals surface area contributed by atoms with Crippen molar-refractivity contribution in [2.45, 2.75) is 39.5 Å². The van der Waals surface area contributed by atoms with Gasteiger partial charge >= 0.3 is 0 Å². The topological polar surface area (TPSA) is 46.3 Å². The van der Waals surface area contributed by atoms with Crippen molar-refractivity contribution in [1.29, 1.82) is 0 Å². The fraction of sp³-hybridized carbons (Fsp3) is 0.667. The predicted octanol–water partition coefficient (Wildman–Crippen LogP) is 2.49. The number of thiophene rings is 1. The summed E-state index contributed by atoms with van der Waals surface area (Å²) in [5, 5.41) is 0. The number of nitrogens with zero attached hydrogens (tertiary/aromatic N) is 1. The molecule has 0 aliphatic carbocycles. The molecule has 1 aromatic heterocycles. The van der Waals surface area contributed by atoms with Crippen molar-refractivity contribution in [3.63, 3.8) is 0 Å². The minimum atomic E-state index is 0.306. The highest BCUT2D eigenvalue weighted by Gasteiger charge is 2.24. The van der Waals surface area contributed by atoms with Crippen LogP contribution < -0.4 is 5.73 Å². The monoisotopic (exact) mass is 280 g/mol. The Hall–Kier alpha value is -0.870. The van der Waals surface area contributed by atoms with Crippen LogP contribution in [-0.4, -0.2) is 30.4 Å². The summed E-state index contributed by atoms with van der Waals surface area (Å²) in [5.74, 6) is 0.825. The van der Waals surface area contributed by atoms with Crippen LogP contribution in [0.2, 0.25) is 0 Å². The largest absolute Gasteiger partial charge is 0.342 e. The molecule has 2 rings (SSSR count). The number of carbonyl (C=O) groups is 1. The van der Waals surface area contributed by atoms with E-state index in [1.807, 2.05) is 16.2 Å². The Bertz CT molecular complexity index is 441. The Kier molecular flexibility index (Phi) is 4.99. The van der Waals surface area contributed by atoms with Crippen LogP contribution in [0.15, 0.2) is 6.07 Å². The molecule has 2 N–H and O–H groups in total. The number of rotatable bonds is 5. The van der Waals surface area contributed by atoms with Gasteiger partial charge in [-0.3, -0.25) is 4.79 Å². The van der Waals surface area contributed by atoms with Gasteiger partial charge in [0, 0.05) is 29.3 Å². The molecule has 1 fully saturated rings. The van der Waals surface area contributed by atoms with Crippen molar-refractivity contribution in [1.82, 2.24) is 4.90 Å². The van der Waals surface area contributed by atoms with Crippen molar-refractivity contribution in [3.8, 4) is 0 Å². The highest BCUT2D eigenvalue weighted by molar-refractivity contribution is 7.12. The highest BCUT2D eigenvalue weighted by Crippen LogP contribution is 2.22. The maximum atomic E-state index is 12.1. The molecule has 1 saturated heterocycles. The van der Waals surface area contributed by atoms with E-state index in [1.54, 1.807) is 0 Å². The lowest BCUT2D eigenvalue weighted by Gasteiger charge is -2.16. The molecule has 0 aromatic carbocycles. The van der Waals surface area contributed by atoms with Crippen molar-refractivity contribution < 1.29 is 4.79 Å². The number of carbonyl (C=O) groups excluding carboxylic acids is 1. The lowest BCUT2D eigenvalue weighted by atomic mass is 10.1. The molecule has 19 heavy (non-hydrogen) atoms. The summed E-state index contributed by atoms with van der Waals surface area (Å²) in [6, 6.07) is 2.25. The first-order valence-electron chi connectivity index (χ1n) is 7.14. The van der Waals surface area contributed by atoms with Gasteiger partial charge in [-0.1, -0.05) is 0 Å². The minimum Gasteiger partial charge on any atom is -0.342 e. The van der Waals surface area contributed by atoms with Gasteiger partial charge in [0.15, 0.2) is 0 Å². The summed E-state index contributed by atoms with van der Waals surface area (Å²) < 4.78 is 0. The van der Waals surface area contributed by atoms with E-state index in [0.717, 1.165) is 32.4 Å². The SMILES string of the molecule is Cc1cc(CCCC(=O)N2CC[C@H](CN)C2)c(C)s1. The third-order valence-corrected chi connectivity index (χ3v) is 4.96. The number of nitrogens with two attached hydrogens (primary N) is 1. The van der Waals surface area contributed by atoms with Gasteiger partial charge in [0.05, 0.1) is 0 Å². The Morgan fingerprint density at radius 3 is 2.89 bits per heavy atom. The quantitative estimate of drug-likeness (QED) is 0.900. The molecule has 0 bridgehead atoms. The molecule has 1 amide bonds. The first-order chi connectivity index (χ1) is 9.10. The number of hydrogen-bond donors (Lipinski definition) is 1. The van der Waals surface area contributed by atoms with Crippen molar-refractivity contribution in [3.05, 3.63) is 21.4 Å². The summed E-state index contributed by atoms with van der Waals surface area (Å²) >= 11 is 1.85. The zero-order chi connectivity index (χ0) is 13.8. The molecule has 1 aromatic rings. The number of amides is 1. The molecule has 3 nitrogen and oxygen atoms in total. The summed E-state index contributed by atoms with van der Waals surface area (Å²) in [5.41, 5.74) is 7.07. The number of likely N-dealkylation sites (tertiary alicyclic amines) is 1. The lowest BCUT2D eigenvalue weighted by Crippen LogP contribution is -2.29. The van der Waals surface area contributed by atoms with E-state index >= 15 is 0 Å². The predicted molar refractivity (Wildman–Crippen MR) is 80.5 cm³/mol. The van der Waals surface area contributed by atoms with Crippen LogP contribution in [-0.2, 0) is 11.2 Å². The summed E-state index contributed by atoms with van der Waals surface area (Å²) in [4.78, 5) is 16.8. The first-order valence-corrected chi connectivity index (χ1v) is 7.95. The maximum Gasteiger partial charge on any atom is 0.222 e. The standard InChI is InChI=1S/C15H24N2OS/c1-11-8-14(12(2)19-11)4-3-5-15(18)17-7-6-13(9-16)10-17/h8,13H,3-7,9-10,16H2,1-2H3/t13-/m1/s1. The van der Waals surface area contributed by atoms with Crippen molar-refractivity contribution in [2.24, 2.45) is 11.7 Å². The Morgan fingerprint density at radius 1 is 1.53 bits per heavy atom.